The summed E-state index contributed by atoms with van der Waals surface area (Å²) in [7, 11) is 0. The van der Waals surface area contributed by atoms with Crippen LogP contribution in [0, 0.1) is 5.92 Å². The summed E-state index contributed by atoms with van der Waals surface area (Å²) in [4.78, 5) is 12.7. The summed E-state index contributed by atoms with van der Waals surface area (Å²) in [5.41, 5.74) is 1.82. The maximum atomic E-state index is 12.7. The number of rotatable bonds is 12. The van der Waals surface area contributed by atoms with Gasteiger partial charge >= 0.3 is 0 Å². The van der Waals surface area contributed by atoms with E-state index >= 15 is 0 Å². The number of hydrogen-bond donors (Lipinski definition) is 1. The van der Waals surface area contributed by atoms with Crippen molar-refractivity contribution in [3.8, 4) is 11.5 Å². The van der Waals surface area contributed by atoms with Crippen molar-refractivity contribution >= 4 is 23.4 Å². The number of anilines is 1. The van der Waals surface area contributed by atoms with Gasteiger partial charge in [0.05, 0.1) is 18.0 Å². The van der Waals surface area contributed by atoms with E-state index < -0.39 is 0 Å². The van der Waals surface area contributed by atoms with Crippen molar-refractivity contribution in [3.63, 3.8) is 0 Å². The molecule has 1 heterocycles. The third-order valence-corrected chi connectivity index (χ3v) is 6.26. The highest BCUT2D eigenvalue weighted by molar-refractivity contribution is 7.99. The van der Waals surface area contributed by atoms with Gasteiger partial charge in [0.2, 0.25) is 5.91 Å². The van der Waals surface area contributed by atoms with Gasteiger partial charge in [-0.2, -0.15) is 0 Å². The SMILES string of the molecule is CCOc1ccccc1NC(=O)CSc1nnc(C(C)Oc2ccccc2C(C)C)n1CC(C)C. The highest BCUT2D eigenvalue weighted by atomic mass is 32.2. The summed E-state index contributed by atoms with van der Waals surface area (Å²) in [6.45, 7) is 13.8. The van der Waals surface area contributed by atoms with Crippen molar-refractivity contribution < 1.29 is 14.3 Å². The van der Waals surface area contributed by atoms with E-state index in [2.05, 4.69) is 53.8 Å². The second kappa shape index (κ2) is 12.6. The van der Waals surface area contributed by atoms with E-state index in [4.69, 9.17) is 9.47 Å². The minimum absolute atomic E-state index is 0.127. The second-order valence-corrected chi connectivity index (χ2v) is 10.0. The zero-order valence-electron chi connectivity index (χ0n) is 21.4. The average Bonchev–Trinajstić information content (AvgIpc) is 3.21. The molecule has 3 aromatic rings. The molecule has 2 aromatic carbocycles. The van der Waals surface area contributed by atoms with Gasteiger partial charge in [-0.25, -0.2) is 0 Å². The molecule has 35 heavy (non-hydrogen) atoms. The van der Waals surface area contributed by atoms with Gasteiger partial charge in [-0.05, 0) is 49.4 Å². The van der Waals surface area contributed by atoms with Gasteiger partial charge in [0.25, 0.3) is 0 Å². The summed E-state index contributed by atoms with van der Waals surface area (Å²) < 4.78 is 14.0. The molecule has 1 amide bonds. The third kappa shape index (κ3) is 7.24. The standard InChI is InChI=1S/C27H36N4O3S/c1-7-33-24-15-11-9-13-22(24)28-25(32)17-35-27-30-29-26(31(27)16-18(2)3)20(6)34-23-14-10-8-12-21(23)19(4)5/h8-15,18-20H,7,16-17H2,1-6H3,(H,28,32). The first kappa shape index (κ1) is 26.6. The van der Waals surface area contributed by atoms with Gasteiger partial charge in [-0.1, -0.05) is 69.8 Å². The monoisotopic (exact) mass is 496 g/mol. The number of benzene rings is 2. The topological polar surface area (TPSA) is 78.3 Å². The molecular weight excluding hydrogens is 460 g/mol. The van der Waals surface area contributed by atoms with E-state index in [1.807, 2.05) is 56.3 Å². The molecule has 8 heteroatoms. The zero-order valence-corrected chi connectivity index (χ0v) is 22.3. The van der Waals surface area contributed by atoms with Crippen molar-refractivity contribution in [2.45, 2.75) is 65.3 Å². The molecular formula is C27H36N4O3S. The molecule has 0 aliphatic carbocycles. The number of hydrogen-bond acceptors (Lipinski definition) is 6. The molecule has 1 atom stereocenters. The number of amides is 1. The Labute approximate surface area is 212 Å². The number of carbonyl (C=O) groups excluding carboxylic acids is 1. The normalized spacial score (nSPS) is 12.1. The van der Waals surface area contributed by atoms with Crippen LogP contribution in [-0.4, -0.2) is 33.0 Å². The molecule has 0 fully saturated rings. The minimum Gasteiger partial charge on any atom is -0.492 e. The molecule has 188 valence electrons. The molecule has 3 rings (SSSR count). The summed E-state index contributed by atoms with van der Waals surface area (Å²) in [6, 6.07) is 15.5. The van der Waals surface area contributed by atoms with Crippen molar-refractivity contribution in [2.75, 3.05) is 17.7 Å². The van der Waals surface area contributed by atoms with Gasteiger partial charge in [-0.3, -0.25) is 4.79 Å². The molecule has 0 spiro atoms. The lowest BCUT2D eigenvalue weighted by Crippen LogP contribution is -2.17. The Morgan fingerprint density at radius 3 is 2.37 bits per heavy atom. The van der Waals surface area contributed by atoms with Gasteiger partial charge in [0, 0.05) is 6.54 Å². The quantitative estimate of drug-likeness (QED) is 0.295. The minimum atomic E-state index is -0.289. The molecule has 0 radical (unpaired) electrons. The Bertz CT molecular complexity index is 1110. The molecule has 1 unspecified atom stereocenters. The predicted molar refractivity (Wildman–Crippen MR) is 141 cm³/mol. The van der Waals surface area contributed by atoms with Crippen LogP contribution in [0.5, 0.6) is 11.5 Å². The Hall–Kier alpha value is -3.00. The lowest BCUT2D eigenvalue weighted by Gasteiger charge is -2.20. The highest BCUT2D eigenvalue weighted by Crippen LogP contribution is 2.31. The smallest absolute Gasteiger partial charge is 0.234 e. The number of ether oxygens (including phenoxy) is 2. The van der Waals surface area contributed by atoms with Crippen LogP contribution < -0.4 is 14.8 Å². The number of aromatic nitrogens is 3. The van der Waals surface area contributed by atoms with Crippen LogP contribution in [0.3, 0.4) is 0 Å². The largest absolute Gasteiger partial charge is 0.492 e. The first-order valence-electron chi connectivity index (χ1n) is 12.1. The van der Waals surface area contributed by atoms with Gasteiger partial charge in [0.15, 0.2) is 17.1 Å². The molecule has 0 saturated carbocycles. The van der Waals surface area contributed by atoms with Gasteiger partial charge in [0.1, 0.15) is 11.5 Å². The lowest BCUT2D eigenvalue weighted by molar-refractivity contribution is -0.113. The van der Waals surface area contributed by atoms with E-state index in [1.165, 1.54) is 11.8 Å². The zero-order chi connectivity index (χ0) is 25.4. The van der Waals surface area contributed by atoms with Gasteiger partial charge in [-0.15, -0.1) is 10.2 Å². The van der Waals surface area contributed by atoms with Crippen molar-refractivity contribution in [1.82, 2.24) is 14.8 Å². The van der Waals surface area contributed by atoms with Crippen LogP contribution in [0.4, 0.5) is 5.69 Å². The van der Waals surface area contributed by atoms with E-state index in [9.17, 15) is 4.79 Å². The van der Waals surface area contributed by atoms with Crippen LogP contribution in [-0.2, 0) is 11.3 Å². The number of thioether (sulfide) groups is 1. The summed E-state index contributed by atoms with van der Waals surface area (Å²) >= 11 is 1.37. The molecule has 0 bridgehead atoms. The average molecular weight is 497 g/mol. The van der Waals surface area contributed by atoms with E-state index in [-0.39, 0.29) is 17.8 Å². The summed E-state index contributed by atoms with van der Waals surface area (Å²) in [6.07, 6.45) is -0.289. The second-order valence-electron chi connectivity index (χ2n) is 9.06. The predicted octanol–water partition coefficient (Wildman–Crippen LogP) is 6.33. The Morgan fingerprint density at radius 2 is 1.69 bits per heavy atom. The number of nitrogens with one attached hydrogen (secondary N) is 1. The van der Waals surface area contributed by atoms with Crippen LogP contribution >= 0.6 is 11.8 Å². The summed E-state index contributed by atoms with van der Waals surface area (Å²) in [5.74, 6) is 3.08. The Kier molecular flexibility index (Phi) is 9.60. The van der Waals surface area contributed by atoms with Crippen LogP contribution in [0.1, 0.15) is 65.0 Å². The van der Waals surface area contributed by atoms with Crippen molar-refractivity contribution in [1.29, 1.82) is 0 Å². The fourth-order valence-corrected chi connectivity index (χ4v) is 4.47. The highest BCUT2D eigenvalue weighted by Gasteiger charge is 2.22. The summed E-state index contributed by atoms with van der Waals surface area (Å²) in [5, 5.41) is 12.5. The first-order valence-corrected chi connectivity index (χ1v) is 13.1. The number of carbonyl (C=O) groups is 1. The molecule has 1 aromatic heterocycles. The maximum Gasteiger partial charge on any atom is 0.234 e. The van der Waals surface area contributed by atoms with E-state index in [1.54, 1.807) is 0 Å². The number of nitrogens with zero attached hydrogens (tertiary/aromatic N) is 3. The Morgan fingerprint density at radius 1 is 1.00 bits per heavy atom. The van der Waals surface area contributed by atoms with Crippen LogP contribution in [0.25, 0.3) is 0 Å². The van der Waals surface area contributed by atoms with Crippen LogP contribution in [0.15, 0.2) is 53.7 Å². The molecule has 0 saturated heterocycles. The third-order valence-electron chi connectivity index (χ3n) is 5.29. The van der Waals surface area contributed by atoms with Crippen molar-refractivity contribution in [2.24, 2.45) is 5.92 Å². The maximum absolute atomic E-state index is 12.7. The lowest BCUT2D eigenvalue weighted by atomic mass is 10.0. The number of para-hydroxylation sites is 3. The fraction of sp³-hybridized carbons (Fsp3) is 0.444. The van der Waals surface area contributed by atoms with E-state index in [0.717, 1.165) is 23.7 Å². The molecule has 1 N–H and O–H groups in total. The Balaban J connectivity index is 1.73. The molecule has 0 aliphatic rings. The fourth-order valence-electron chi connectivity index (χ4n) is 3.72. The van der Waals surface area contributed by atoms with Gasteiger partial charge < -0.3 is 19.4 Å². The first-order chi connectivity index (χ1) is 16.8. The molecule has 0 aliphatic heterocycles. The van der Waals surface area contributed by atoms with Crippen LogP contribution in [0.2, 0.25) is 0 Å². The van der Waals surface area contributed by atoms with E-state index in [0.29, 0.717) is 35.0 Å². The molecule has 7 nitrogen and oxygen atoms in total. The van der Waals surface area contributed by atoms with Crippen molar-refractivity contribution in [3.05, 3.63) is 59.9 Å².